The minimum absolute atomic E-state index is 0.00240. The molecule has 6 saturated heterocycles. The van der Waals surface area contributed by atoms with Crippen LogP contribution in [0, 0.1) is 26.2 Å². The number of hydrogen-bond donors (Lipinski definition) is 0. The molecule has 8 fully saturated rings. The van der Waals surface area contributed by atoms with E-state index in [1.54, 1.807) is 0 Å². The molecule has 21 heteroatoms. The van der Waals surface area contributed by atoms with Crippen LogP contribution in [0.3, 0.4) is 0 Å². The number of Topliss-reactive ketones (excluding diaryl/α,β-unsaturated/α-hetero) is 7. The van der Waals surface area contributed by atoms with Gasteiger partial charge < -0.3 is 18.9 Å². The monoisotopic (exact) mass is 1810 g/mol. The number of nitrogens with zero attached hydrogens (tertiary/aromatic N) is 1. The van der Waals surface area contributed by atoms with E-state index in [1.165, 1.54) is 108 Å². The van der Waals surface area contributed by atoms with Crippen molar-refractivity contribution in [1.29, 1.82) is 0 Å². The molecule has 6 aromatic rings. The van der Waals surface area contributed by atoms with Crippen LogP contribution in [0.2, 0.25) is 0 Å². The second kappa shape index (κ2) is 48.5. The predicted octanol–water partition coefficient (Wildman–Crippen LogP) is 18.2. The van der Waals surface area contributed by atoms with E-state index in [-0.39, 0.29) is 108 Å². The van der Waals surface area contributed by atoms with Crippen molar-refractivity contribution >= 4 is 116 Å². The van der Waals surface area contributed by atoms with Crippen molar-refractivity contribution in [3.05, 3.63) is 212 Å². The molecule has 2 saturated carbocycles. The first-order valence-corrected chi connectivity index (χ1v) is 56.8. The second-order valence-electron chi connectivity index (χ2n) is 36.4. The summed E-state index contributed by atoms with van der Waals surface area (Å²) in [7, 11) is -2.41. The number of carbonyl (C=O) groups is 7. The fourth-order valence-corrected chi connectivity index (χ4v) is 33.7. The fraction of sp³-hybridized carbons (Fsp3) is 0.578. The molecule has 0 spiro atoms. The largest absolute Gasteiger partial charge is 0.372 e. The average Bonchev–Trinajstić information content (AvgIpc) is 0.829. The Morgan fingerprint density at radius 2 is 0.846 bits per heavy atom. The Morgan fingerprint density at radius 1 is 0.439 bits per heavy atom. The lowest BCUT2D eigenvalue weighted by Gasteiger charge is -2.31. The number of fused-ring (bicyclic) bond motifs is 1. The van der Waals surface area contributed by atoms with Crippen molar-refractivity contribution in [2.24, 2.45) is 5.41 Å². The van der Waals surface area contributed by atoms with Crippen LogP contribution in [0.5, 0.6) is 0 Å². The zero-order valence-electron chi connectivity index (χ0n) is 76.1. The molecule has 0 N–H and O–H groups in total. The summed E-state index contributed by atoms with van der Waals surface area (Å²) in [6.45, 7) is 32.7. The third-order valence-electron chi connectivity index (χ3n) is 25.8. The van der Waals surface area contributed by atoms with Gasteiger partial charge in [-0.1, -0.05) is 229 Å². The van der Waals surface area contributed by atoms with Crippen molar-refractivity contribution < 1.29 is 60.9 Å². The third kappa shape index (κ3) is 28.9. The normalized spacial score (nSPS) is 20.7. The van der Waals surface area contributed by atoms with E-state index in [4.69, 9.17) is 18.9 Å². The van der Waals surface area contributed by atoms with Gasteiger partial charge in [0.2, 0.25) is 44.7 Å². The Labute approximate surface area is 755 Å². The number of ketones is 7. The quantitative estimate of drug-likeness (QED) is 0.0518. The smallest absolute Gasteiger partial charge is 0.217 e. The van der Waals surface area contributed by atoms with E-state index in [9.17, 15) is 42.0 Å². The highest BCUT2D eigenvalue weighted by atomic mass is 32.2. The molecular weight excluding hydrogens is 1670 g/mol. The Hall–Kier alpha value is -5.14. The lowest BCUT2D eigenvalue weighted by molar-refractivity contribution is -0.118. The Kier molecular flexibility index (Phi) is 39.4. The Morgan fingerprint density at radius 3 is 1.31 bits per heavy atom. The zero-order chi connectivity index (χ0) is 88.4. The van der Waals surface area contributed by atoms with Crippen LogP contribution in [0.15, 0.2) is 146 Å². The van der Waals surface area contributed by atoms with Crippen LogP contribution in [0.25, 0.3) is 0 Å². The molecule has 6 aromatic carbocycles. The van der Waals surface area contributed by atoms with E-state index in [0.717, 1.165) is 175 Å². The predicted molar refractivity (Wildman–Crippen MR) is 524 cm³/mol. The van der Waals surface area contributed by atoms with E-state index in [0.29, 0.717) is 66.7 Å². The lowest BCUT2D eigenvalue weighted by atomic mass is 9.83. The van der Waals surface area contributed by atoms with Crippen molar-refractivity contribution in [2.45, 2.75) is 222 Å². The number of hydrogen-bond acceptors (Lipinski definition) is 13. The molecule has 0 aromatic heterocycles. The maximum absolute atomic E-state index is 13.0. The minimum Gasteiger partial charge on any atom is -0.372 e. The highest BCUT2D eigenvalue weighted by Gasteiger charge is 2.51. The molecule has 3 aliphatic carbocycles. The molecular formula is C102H143NO13S7+6. The van der Waals surface area contributed by atoms with Crippen molar-refractivity contribution in [1.82, 2.24) is 4.31 Å². The first kappa shape index (κ1) is 100. The summed E-state index contributed by atoms with van der Waals surface area (Å²) in [4.78, 5) is 88.0. The SMILES string of the molecule is CC(C(=O)c1ccc(C2CCCCC2)cc1)[S+]1CCC(=O)CC1.CC(C)(C(=O)c1ccc(C2CCCCC2)cc1)[S+]1CCOCC1.CC(C)(C(=O)c1ccccc1)[S+]1CCN(S(C)(=O)=O)CC1.CCC(C(=O)c1ccc(C)cc1)[S+]1CCOCC1.Cc1ccc(C(=O)C([S+]2CCOCC2)C(C)(C)C)cc1.Cc1ccc2c(c1)CCC([S+]1CCOCC1)C2=O. The summed E-state index contributed by atoms with van der Waals surface area (Å²) < 4.78 is 45.6. The first-order valence-electron chi connectivity index (χ1n) is 45.4. The van der Waals surface area contributed by atoms with Crippen LogP contribution in [-0.2, 0) is 106 Å². The van der Waals surface area contributed by atoms with Gasteiger partial charge in [0.15, 0.2) is 30.5 Å². The van der Waals surface area contributed by atoms with Crippen molar-refractivity contribution in [3.63, 3.8) is 0 Å². The van der Waals surface area contributed by atoms with Gasteiger partial charge in [0.1, 0.15) is 74.8 Å². The summed E-state index contributed by atoms with van der Waals surface area (Å²) in [5.74, 6) is 15.2. The molecule has 670 valence electrons. The molecule has 6 aliphatic heterocycles. The molecule has 123 heavy (non-hydrogen) atoms. The molecule has 4 atom stereocenters. The molecule has 15 rings (SSSR count). The van der Waals surface area contributed by atoms with Crippen molar-refractivity contribution in [2.75, 3.05) is 141 Å². The minimum atomic E-state index is -3.11. The Balaban J connectivity index is 0.000000155. The molecule has 14 nitrogen and oxygen atoms in total. The highest BCUT2D eigenvalue weighted by molar-refractivity contribution is 8.00. The van der Waals surface area contributed by atoms with Crippen LogP contribution in [0.1, 0.15) is 260 Å². The number of ether oxygens (including phenoxy) is 4. The molecule has 6 heterocycles. The van der Waals surface area contributed by atoms with Crippen LogP contribution in [0.4, 0.5) is 0 Å². The van der Waals surface area contributed by atoms with E-state index in [1.807, 2.05) is 118 Å². The highest BCUT2D eigenvalue weighted by Crippen LogP contribution is 2.38. The number of benzene rings is 6. The van der Waals surface area contributed by atoms with E-state index >= 15 is 0 Å². The summed E-state index contributed by atoms with van der Waals surface area (Å²) in [5, 5.41) is 0.624. The number of carbonyl (C=O) groups excluding carboxylic acids is 7. The van der Waals surface area contributed by atoms with Gasteiger partial charge in [0.25, 0.3) is 0 Å². The van der Waals surface area contributed by atoms with Gasteiger partial charge in [-0.3, -0.25) is 33.6 Å². The van der Waals surface area contributed by atoms with Gasteiger partial charge >= 0.3 is 0 Å². The standard InChI is InChI=1S/C20H29O2S.C20H27O2S.C17H25O2S.C15H22NO3S2.C15H19O2S.C15H21O2S/c1-20(2,23-14-12-22-13-15-23)19(21)18-10-8-17(9-11-18)16-6-4-3-5-7-16;1-15(23-13-11-19(21)12-14-23)20(22)18-9-7-17(8-10-18)16-5-3-2-4-6-16;1-13-5-7-14(8-6-13)15(18)16(17(2,3)4)20-11-9-19-10-12-20;1-15(2,14(17)13-7-5-4-6-8-13)20-11-9-16(10-12-20)21(3,18)19;1-11-2-4-13-12(10-11)3-5-14(15(13)16)18-8-6-17-7-9-18;1-3-14(18-10-8-17-9-11-18)15(16)13-6-4-12(2)5-7-13/h8-11,16H,3-7,12-15H2,1-2H3;7-10,15-16H,2-6,11-14H2,1H3;5-8,16H,9-12H2,1-4H3;4-8H,9-12H2,1-3H3;2,4,10,14H,3,5-9H2,1H3;4-7,14H,3,8-11H2,1-2H3/q6*+1. The van der Waals surface area contributed by atoms with Gasteiger partial charge in [-0.15, -0.1) is 0 Å². The van der Waals surface area contributed by atoms with Crippen LogP contribution >= 0.6 is 0 Å². The molecule has 0 radical (unpaired) electrons. The summed E-state index contributed by atoms with van der Waals surface area (Å²) >= 11 is 0. The van der Waals surface area contributed by atoms with E-state index in [2.05, 4.69) is 111 Å². The average molecular weight is 1820 g/mol. The number of rotatable bonds is 20. The first-order chi connectivity index (χ1) is 58.8. The topological polar surface area (TPSA) is 194 Å². The zero-order valence-corrected chi connectivity index (χ0v) is 81.8. The molecule has 9 aliphatic rings. The fourth-order valence-electron chi connectivity index (χ4n) is 18.1. The van der Waals surface area contributed by atoms with Gasteiger partial charge in [-0.2, -0.15) is 4.31 Å². The second-order valence-corrected chi connectivity index (χ2v) is 53.9. The maximum atomic E-state index is 13.0. The van der Waals surface area contributed by atoms with Gasteiger partial charge in [-0.25, -0.2) is 8.42 Å². The third-order valence-corrected chi connectivity index (χ3v) is 44.0. The summed E-state index contributed by atoms with van der Waals surface area (Å²) in [6.07, 6.45) is 19.0. The maximum Gasteiger partial charge on any atom is 0.217 e. The van der Waals surface area contributed by atoms with Gasteiger partial charge in [-0.05, 0) is 133 Å². The van der Waals surface area contributed by atoms with Crippen LogP contribution in [-0.4, -0.2) is 225 Å². The summed E-state index contributed by atoms with van der Waals surface area (Å²) in [5.41, 5.74) is 12.9. The number of aryl methyl sites for hydroxylation is 4. The number of sulfonamides is 1. The summed E-state index contributed by atoms with van der Waals surface area (Å²) in [6, 6.07) is 48.5. The van der Waals surface area contributed by atoms with E-state index < -0.39 is 14.8 Å². The van der Waals surface area contributed by atoms with Gasteiger partial charge in [0, 0.05) is 99.7 Å². The van der Waals surface area contributed by atoms with Crippen molar-refractivity contribution in [3.8, 4) is 0 Å². The Bertz CT molecular complexity index is 4440. The lowest BCUT2D eigenvalue weighted by Crippen LogP contribution is -2.52. The van der Waals surface area contributed by atoms with Gasteiger partial charge in [0.05, 0.1) is 85.0 Å². The molecule has 4 unspecified atom stereocenters. The molecule has 0 bridgehead atoms. The van der Waals surface area contributed by atoms with Crippen LogP contribution < -0.4 is 0 Å². The molecule has 0 amide bonds.